The SMILES string of the molecule is COCc1c(C(=O)NNC2=CCN(Cc3ccccc3)CC2)nnn1-c1nonc1N. The van der Waals surface area contributed by atoms with E-state index in [2.05, 4.69) is 59.2 Å². The first-order chi connectivity index (χ1) is 15.2. The van der Waals surface area contributed by atoms with Gasteiger partial charge in [0.15, 0.2) is 5.69 Å². The van der Waals surface area contributed by atoms with Crippen LogP contribution in [0.1, 0.15) is 28.2 Å². The molecule has 4 N–H and O–H groups in total. The number of aromatic nitrogens is 5. The number of carbonyl (C=O) groups excluding carboxylic acids is 1. The number of nitrogen functional groups attached to an aromatic ring is 1. The number of ether oxygens (including phenoxy) is 1. The maximum atomic E-state index is 12.7. The van der Waals surface area contributed by atoms with Gasteiger partial charge in [-0.25, -0.2) is 4.63 Å². The van der Waals surface area contributed by atoms with Crippen LogP contribution in [0.4, 0.5) is 5.82 Å². The Morgan fingerprint density at radius 2 is 2.13 bits per heavy atom. The maximum absolute atomic E-state index is 12.7. The van der Waals surface area contributed by atoms with E-state index in [0.29, 0.717) is 5.69 Å². The van der Waals surface area contributed by atoms with Crippen molar-refractivity contribution in [2.75, 3.05) is 25.9 Å². The number of rotatable bonds is 8. The molecule has 0 unspecified atom stereocenters. The van der Waals surface area contributed by atoms with Crippen molar-refractivity contribution in [2.45, 2.75) is 19.6 Å². The Balaban J connectivity index is 1.37. The predicted molar refractivity (Wildman–Crippen MR) is 109 cm³/mol. The fraction of sp³-hybridized carbons (Fsp3) is 0.316. The molecule has 0 saturated heterocycles. The van der Waals surface area contributed by atoms with Crippen LogP contribution in [0.2, 0.25) is 0 Å². The first kappa shape index (κ1) is 20.5. The van der Waals surface area contributed by atoms with Crippen molar-refractivity contribution in [3.63, 3.8) is 0 Å². The monoisotopic (exact) mass is 425 g/mol. The van der Waals surface area contributed by atoms with Crippen LogP contribution in [-0.2, 0) is 17.9 Å². The molecule has 0 saturated carbocycles. The third-order valence-corrected chi connectivity index (χ3v) is 4.83. The highest BCUT2D eigenvalue weighted by Crippen LogP contribution is 2.16. The highest BCUT2D eigenvalue weighted by Gasteiger charge is 2.24. The summed E-state index contributed by atoms with van der Waals surface area (Å²) in [6, 6.07) is 10.3. The van der Waals surface area contributed by atoms with E-state index in [9.17, 15) is 4.79 Å². The largest absolute Gasteiger partial charge is 0.378 e. The van der Waals surface area contributed by atoms with Gasteiger partial charge in [0.25, 0.3) is 5.91 Å². The van der Waals surface area contributed by atoms with Crippen LogP contribution in [0.5, 0.6) is 0 Å². The zero-order valence-electron chi connectivity index (χ0n) is 17.0. The number of methoxy groups -OCH3 is 1. The number of hydrogen-bond acceptors (Lipinski definition) is 10. The highest BCUT2D eigenvalue weighted by atomic mass is 16.6. The van der Waals surface area contributed by atoms with Crippen LogP contribution in [0, 0.1) is 0 Å². The summed E-state index contributed by atoms with van der Waals surface area (Å²) in [4.78, 5) is 15.0. The van der Waals surface area contributed by atoms with Gasteiger partial charge in [-0.3, -0.25) is 15.1 Å². The number of amides is 1. The normalized spacial score (nSPS) is 14.3. The molecule has 1 aliphatic rings. The lowest BCUT2D eigenvalue weighted by Gasteiger charge is -2.26. The topological polar surface area (TPSA) is 149 Å². The summed E-state index contributed by atoms with van der Waals surface area (Å²) in [6.45, 7) is 2.63. The molecule has 12 heteroatoms. The summed E-state index contributed by atoms with van der Waals surface area (Å²) in [5.41, 5.74) is 14.0. The number of nitrogens with one attached hydrogen (secondary N) is 2. The fourth-order valence-electron chi connectivity index (χ4n) is 3.26. The molecule has 0 atom stereocenters. The van der Waals surface area contributed by atoms with Crippen molar-refractivity contribution in [1.82, 2.24) is 41.1 Å². The van der Waals surface area contributed by atoms with Crippen molar-refractivity contribution < 1.29 is 14.2 Å². The summed E-state index contributed by atoms with van der Waals surface area (Å²) in [7, 11) is 1.50. The molecule has 0 fully saturated rings. The van der Waals surface area contributed by atoms with Gasteiger partial charge in [0, 0.05) is 38.9 Å². The summed E-state index contributed by atoms with van der Waals surface area (Å²) in [5.74, 6) is -0.291. The number of anilines is 1. The van der Waals surface area contributed by atoms with Gasteiger partial charge >= 0.3 is 0 Å². The zero-order chi connectivity index (χ0) is 21.6. The van der Waals surface area contributed by atoms with Gasteiger partial charge in [-0.05, 0) is 22.0 Å². The van der Waals surface area contributed by atoms with Crippen molar-refractivity contribution in [3.05, 3.63) is 59.1 Å². The third kappa shape index (κ3) is 4.70. The minimum atomic E-state index is -0.457. The van der Waals surface area contributed by atoms with Gasteiger partial charge in [-0.1, -0.05) is 35.5 Å². The van der Waals surface area contributed by atoms with E-state index in [0.717, 1.165) is 31.8 Å². The molecule has 162 valence electrons. The quantitative estimate of drug-likeness (QED) is 0.433. The molecule has 0 bridgehead atoms. The van der Waals surface area contributed by atoms with Crippen LogP contribution in [0.25, 0.3) is 5.82 Å². The van der Waals surface area contributed by atoms with Crippen molar-refractivity contribution in [1.29, 1.82) is 0 Å². The molecular formula is C19H23N9O3. The van der Waals surface area contributed by atoms with Crippen LogP contribution < -0.4 is 16.6 Å². The van der Waals surface area contributed by atoms with Crippen LogP contribution in [0.3, 0.4) is 0 Å². The Morgan fingerprint density at radius 1 is 1.29 bits per heavy atom. The molecule has 1 aromatic carbocycles. The minimum absolute atomic E-state index is 0.0276. The fourth-order valence-corrected chi connectivity index (χ4v) is 3.26. The Kier molecular flexibility index (Phi) is 6.19. The summed E-state index contributed by atoms with van der Waals surface area (Å²) in [6.07, 6.45) is 2.84. The molecule has 0 radical (unpaired) electrons. The molecular weight excluding hydrogens is 402 g/mol. The molecule has 1 amide bonds. The Hall–Kier alpha value is -3.77. The number of hydrazine groups is 1. The average molecular weight is 425 g/mol. The molecule has 3 heterocycles. The molecule has 12 nitrogen and oxygen atoms in total. The summed E-state index contributed by atoms with van der Waals surface area (Å²) < 4.78 is 11.0. The molecule has 31 heavy (non-hydrogen) atoms. The summed E-state index contributed by atoms with van der Waals surface area (Å²) in [5, 5.41) is 15.1. The first-order valence-electron chi connectivity index (χ1n) is 9.69. The summed E-state index contributed by atoms with van der Waals surface area (Å²) >= 11 is 0. The van der Waals surface area contributed by atoms with Crippen LogP contribution >= 0.6 is 0 Å². The second-order valence-electron chi connectivity index (χ2n) is 6.98. The number of nitrogens with zero attached hydrogens (tertiary/aromatic N) is 6. The van der Waals surface area contributed by atoms with Gasteiger partial charge in [0.2, 0.25) is 11.6 Å². The average Bonchev–Trinajstić information content (AvgIpc) is 3.40. The molecule has 0 spiro atoms. The lowest BCUT2D eigenvalue weighted by molar-refractivity contribution is 0.0926. The molecule has 3 aromatic rings. The Morgan fingerprint density at radius 3 is 2.81 bits per heavy atom. The van der Waals surface area contributed by atoms with Gasteiger partial charge < -0.3 is 15.9 Å². The molecule has 1 aliphatic heterocycles. The Bertz CT molecular complexity index is 1060. The van der Waals surface area contributed by atoms with Crippen LogP contribution in [-0.4, -0.2) is 56.3 Å². The molecule has 2 aromatic heterocycles. The lowest BCUT2D eigenvalue weighted by Crippen LogP contribution is -2.40. The van der Waals surface area contributed by atoms with Crippen molar-refractivity contribution in [3.8, 4) is 5.82 Å². The Labute approximate surface area is 178 Å². The number of nitrogens with two attached hydrogens (primary N) is 1. The van der Waals surface area contributed by atoms with E-state index in [1.807, 2.05) is 18.2 Å². The highest BCUT2D eigenvalue weighted by molar-refractivity contribution is 5.93. The van der Waals surface area contributed by atoms with Gasteiger partial charge in [0.1, 0.15) is 5.69 Å². The first-order valence-corrected chi connectivity index (χ1v) is 9.69. The van der Waals surface area contributed by atoms with Gasteiger partial charge in [-0.2, -0.15) is 4.68 Å². The number of carbonyl (C=O) groups is 1. The second kappa shape index (κ2) is 9.36. The van der Waals surface area contributed by atoms with E-state index < -0.39 is 5.91 Å². The van der Waals surface area contributed by atoms with E-state index in [4.69, 9.17) is 10.5 Å². The van der Waals surface area contributed by atoms with E-state index in [1.165, 1.54) is 17.4 Å². The van der Waals surface area contributed by atoms with Gasteiger partial charge in [-0.15, -0.1) is 5.10 Å². The van der Waals surface area contributed by atoms with E-state index in [-0.39, 0.29) is 23.9 Å². The number of hydrogen-bond donors (Lipinski definition) is 3. The minimum Gasteiger partial charge on any atom is -0.378 e. The smallest absolute Gasteiger partial charge is 0.292 e. The van der Waals surface area contributed by atoms with E-state index >= 15 is 0 Å². The third-order valence-electron chi connectivity index (χ3n) is 4.83. The number of benzene rings is 1. The van der Waals surface area contributed by atoms with Gasteiger partial charge in [0.05, 0.1) is 6.61 Å². The van der Waals surface area contributed by atoms with Crippen molar-refractivity contribution >= 4 is 11.7 Å². The zero-order valence-corrected chi connectivity index (χ0v) is 17.0. The second-order valence-corrected chi connectivity index (χ2v) is 6.98. The van der Waals surface area contributed by atoms with Crippen molar-refractivity contribution in [2.24, 2.45) is 0 Å². The van der Waals surface area contributed by atoms with E-state index in [1.54, 1.807) is 0 Å². The predicted octanol–water partition coefficient (Wildman–Crippen LogP) is 0.403. The molecule has 0 aliphatic carbocycles. The maximum Gasteiger partial charge on any atom is 0.292 e. The van der Waals surface area contributed by atoms with Crippen LogP contribution in [0.15, 0.2) is 46.7 Å². The lowest BCUT2D eigenvalue weighted by atomic mass is 10.1. The molecule has 4 rings (SSSR count). The standard InChI is InChI=1S/C19H23N9O3/c1-30-12-15-16(22-26-28(15)18-17(20)24-31-25-18)19(29)23-21-14-7-9-27(10-8-14)11-13-5-3-2-4-6-13/h2-7,21H,8-12H2,1H3,(H2,20,24)(H,23,29).